The Bertz CT molecular complexity index is 566. The van der Waals surface area contributed by atoms with Gasteiger partial charge < -0.3 is 20.7 Å². The van der Waals surface area contributed by atoms with Crippen molar-refractivity contribution in [2.75, 3.05) is 25.0 Å². The molecule has 0 unspecified atom stereocenters. The van der Waals surface area contributed by atoms with Crippen LogP contribution in [0.4, 0.5) is 5.69 Å². The second kappa shape index (κ2) is 7.46. The van der Waals surface area contributed by atoms with E-state index in [1.54, 1.807) is 18.2 Å². The number of hydrogen-bond acceptors (Lipinski definition) is 4. The Balaban J connectivity index is 1.45. The van der Waals surface area contributed by atoms with Crippen LogP contribution in [-0.4, -0.2) is 37.6 Å². The molecule has 1 aliphatic heterocycles. The Kier molecular flexibility index (Phi) is 5.12. The summed E-state index contributed by atoms with van der Waals surface area (Å²) in [5, 5.41) is 9.09. The van der Waals surface area contributed by atoms with Gasteiger partial charge in [0.1, 0.15) is 5.75 Å². The molecule has 124 valence electrons. The minimum Gasteiger partial charge on any atom is -0.484 e. The standard InChI is InChI=1S/C17H23N3O3/c21-16(19-14-4-2-8-18-10-14)11-23-15-5-1-3-13(9-15)20-17(22)12-6-7-12/h1,3,5,9,12,14,18H,2,4,6-8,10-11H2,(H,19,21)(H,20,22)/t14-/m0/s1. The molecule has 1 heterocycles. The van der Waals surface area contributed by atoms with Gasteiger partial charge in [0.05, 0.1) is 0 Å². The van der Waals surface area contributed by atoms with Crippen LogP contribution in [0, 0.1) is 5.92 Å². The largest absolute Gasteiger partial charge is 0.484 e. The van der Waals surface area contributed by atoms with Gasteiger partial charge in [-0.2, -0.15) is 0 Å². The minimum absolute atomic E-state index is 0.0173. The van der Waals surface area contributed by atoms with E-state index in [4.69, 9.17) is 4.74 Å². The summed E-state index contributed by atoms with van der Waals surface area (Å²) in [6, 6.07) is 7.34. The SMILES string of the molecule is O=C(COc1cccc(NC(=O)C2CC2)c1)N[C@H]1CCCNC1. The van der Waals surface area contributed by atoms with Crippen molar-refractivity contribution >= 4 is 17.5 Å². The molecule has 0 aromatic heterocycles. The Labute approximate surface area is 136 Å². The maximum atomic E-state index is 11.9. The van der Waals surface area contributed by atoms with Crippen molar-refractivity contribution in [3.05, 3.63) is 24.3 Å². The highest BCUT2D eigenvalue weighted by atomic mass is 16.5. The van der Waals surface area contributed by atoms with Gasteiger partial charge >= 0.3 is 0 Å². The van der Waals surface area contributed by atoms with E-state index in [2.05, 4.69) is 16.0 Å². The maximum Gasteiger partial charge on any atom is 0.258 e. The lowest BCUT2D eigenvalue weighted by Crippen LogP contribution is -2.46. The molecule has 0 bridgehead atoms. The minimum atomic E-state index is -0.119. The summed E-state index contributed by atoms with van der Waals surface area (Å²) in [6.07, 6.45) is 4.02. The van der Waals surface area contributed by atoms with Gasteiger partial charge in [-0.1, -0.05) is 6.07 Å². The van der Waals surface area contributed by atoms with Gasteiger partial charge in [0.25, 0.3) is 5.91 Å². The van der Waals surface area contributed by atoms with Crippen molar-refractivity contribution in [1.29, 1.82) is 0 Å². The third-order valence-electron chi connectivity index (χ3n) is 4.08. The van der Waals surface area contributed by atoms with E-state index < -0.39 is 0 Å². The topological polar surface area (TPSA) is 79.5 Å². The first-order chi connectivity index (χ1) is 11.2. The van der Waals surface area contributed by atoms with Crippen LogP contribution >= 0.6 is 0 Å². The van der Waals surface area contributed by atoms with Gasteiger partial charge in [-0.05, 0) is 44.4 Å². The smallest absolute Gasteiger partial charge is 0.258 e. The molecule has 1 saturated carbocycles. The second-order valence-corrected chi connectivity index (χ2v) is 6.19. The molecule has 1 saturated heterocycles. The molecule has 3 N–H and O–H groups in total. The van der Waals surface area contributed by atoms with Gasteiger partial charge in [-0.15, -0.1) is 0 Å². The first-order valence-electron chi connectivity index (χ1n) is 8.24. The fourth-order valence-corrected chi connectivity index (χ4v) is 2.65. The van der Waals surface area contributed by atoms with Crippen LogP contribution in [0.2, 0.25) is 0 Å². The van der Waals surface area contributed by atoms with Crippen LogP contribution in [0.3, 0.4) is 0 Å². The first-order valence-corrected chi connectivity index (χ1v) is 8.24. The van der Waals surface area contributed by atoms with Crippen molar-refractivity contribution in [3.8, 4) is 5.75 Å². The zero-order valence-corrected chi connectivity index (χ0v) is 13.1. The normalized spacial score (nSPS) is 20.6. The molecule has 1 aromatic rings. The molecule has 0 radical (unpaired) electrons. The van der Waals surface area contributed by atoms with Crippen molar-refractivity contribution in [3.63, 3.8) is 0 Å². The van der Waals surface area contributed by atoms with Crippen molar-refractivity contribution in [2.24, 2.45) is 5.92 Å². The number of carbonyl (C=O) groups excluding carboxylic acids is 2. The predicted octanol–water partition coefficient (Wildman–Crippen LogP) is 1.28. The average molecular weight is 317 g/mol. The number of ether oxygens (including phenoxy) is 1. The molecule has 1 atom stereocenters. The Morgan fingerprint density at radius 1 is 1.26 bits per heavy atom. The number of benzene rings is 1. The first kappa shape index (κ1) is 15.8. The summed E-state index contributed by atoms with van der Waals surface area (Å²) >= 11 is 0. The molecular formula is C17H23N3O3. The zero-order chi connectivity index (χ0) is 16.1. The zero-order valence-electron chi connectivity index (χ0n) is 13.1. The number of anilines is 1. The van der Waals surface area contributed by atoms with Crippen LogP contribution in [0.5, 0.6) is 5.75 Å². The van der Waals surface area contributed by atoms with Crippen LogP contribution in [-0.2, 0) is 9.59 Å². The number of nitrogens with one attached hydrogen (secondary N) is 3. The lowest BCUT2D eigenvalue weighted by Gasteiger charge is -2.23. The van der Waals surface area contributed by atoms with Crippen molar-refractivity contribution in [2.45, 2.75) is 31.7 Å². The number of hydrogen-bond donors (Lipinski definition) is 3. The summed E-state index contributed by atoms with van der Waals surface area (Å²) in [4.78, 5) is 23.7. The second-order valence-electron chi connectivity index (χ2n) is 6.19. The van der Waals surface area contributed by atoms with E-state index in [-0.39, 0.29) is 30.4 Å². The summed E-state index contributed by atoms with van der Waals surface area (Å²) in [5.41, 5.74) is 0.705. The van der Waals surface area contributed by atoms with Gasteiger partial charge in [-0.25, -0.2) is 0 Å². The van der Waals surface area contributed by atoms with E-state index in [0.717, 1.165) is 38.8 Å². The Morgan fingerprint density at radius 2 is 2.13 bits per heavy atom. The van der Waals surface area contributed by atoms with Gasteiger partial charge in [0.2, 0.25) is 5.91 Å². The molecule has 3 rings (SSSR count). The van der Waals surface area contributed by atoms with E-state index in [0.29, 0.717) is 11.4 Å². The highest BCUT2D eigenvalue weighted by Crippen LogP contribution is 2.30. The quantitative estimate of drug-likeness (QED) is 0.738. The highest BCUT2D eigenvalue weighted by molar-refractivity contribution is 5.94. The van der Waals surface area contributed by atoms with Crippen LogP contribution in [0.1, 0.15) is 25.7 Å². The molecule has 1 aromatic carbocycles. The third kappa shape index (κ3) is 4.96. The van der Waals surface area contributed by atoms with E-state index in [1.165, 1.54) is 0 Å². The summed E-state index contributed by atoms with van der Waals surface area (Å²) in [5.74, 6) is 0.681. The predicted molar refractivity (Wildman–Crippen MR) is 87.3 cm³/mol. The van der Waals surface area contributed by atoms with Crippen molar-refractivity contribution in [1.82, 2.24) is 10.6 Å². The lowest BCUT2D eigenvalue weighted by molar-refractivity contribution is -0.124. The van der Waals surface area contributed by atoms with Gasteiger partial charge in [-0.3, -0.25) is 9.59 Å². The number of piperidine rings is 1. The molecule has 6 heteroatoms. The molecule has 2 aliphatic rings. The fraction of sp³-hybridized carbons (Fsp3) is 0.529. The average Bonchev–Trinajstić information content (AvgIpc) is 3.39. The van der Waals surface area contributed by atoms with Crippen LogP contribution < -0.4 is 20.7 Å². The molecular weight excluding hydrogens is 294 g/mol. The summed E-state index contributed by atoms with van der Waals surface area (Å²) < 4.78 is 5.52. The van der Waals surface area contributed by atoms with E-state index >= 15 is 0 Å². The molecule has 6 nitrogen and oxygen atoms in total. The van der Waals surface area contributed by atoms with Gasteiger partial charge in [0.15, 0.2) is 6.61 Å². The lowest BCUT2D eigenvalue weighted by atomic mass is 10.1. The highest BCUT2D eigenvalue weighted by Gasteiger charge is 2.29. The summed E-state index contributed by atoms with van der Waals surface area (Å²) in [6.45, 7) is 1.81. The fourth-order valence-electron chi connectivity index (χ4n) is 2.65. The maximum absolute atomic E-state index is 11.9. The monoisotopic (exact) mass is 317 g/mol. The number of amides is 2. The third-order valence-corrected chi connectivity index (χ3v) is 4.08. The molecule has 2 amide bonds. The molecule has 0 spiro atoms. The Morgan fingerprint density at radius 3 is 2.87 bits per heavy atom. The summed E-state index contributed by atoms with van der Waals surface area (Å²) in [7, 11) is 0. The van der Waals surface area contributed by atoms with E-state index in [1.807, 2.05) is 6.07 Å². The Hall–Kier alpha value is -2.08. The molecule has 1 aliphatic carbocycles. The van der Waals surface area contributed by atoms with Crippen LogP contribution in [0.15, 0.2) is 24.3 Å². The number of carbonyl (C=O) groups is 2. The number of rotatable bonds is 6. The molecule has 2 fully saturated rings. The van der Waals surface area contributed by atoms with Gasteiger partial charge in [0, 0.05) is 30.3 Å². The van der Waals surface area contributed by atoms with Crippen LogP contribution in [0.25, 0.3) is 0 Å². The van der Waals surface area contributed by atoms with Crippen molar-refractivity contribution < 1.29 is 14.3 Å². The van der Waals surface area contributed by atoms with E-state index in [9.17, 15) is 9.59 Å². The molecule has 23 heavy (non-hydrogen) atoms.